The van der Waals surface area contributed by atoms with Crippen molar-refractivity contribution < 1.29 is 9.59 Å². The Morgan fingerprint density at radius 1 is 0.926 bits per heavy atom. The number of hydrogen-bond donors (Lipinski definition) is 2. The zero-order valence-electron chi connectivity index (χ0n) is 17.7. The van der Waals surface area contributed by atoms with Gasteiger partial charge in [-0.05, 0) is 32.4 Å². The third-order valence-electron chi connectivity index (χ3n) is 4.78. The molecule has 1 amide bonds. The van der Waals surface area contributed by atoms with Gasteiger partial charge in [0.2, 0.25) is 0 Å². The van der Waals surface area contributed by atoms with E-state index in [1.165, 1.54) is 0 Å². The third-order valence-corrected chi connectivity index (χ3v) is 4.78. The molecule has 2 rings (SSSR count). The lowest BCUT2D eigenvalue weighted by atomic mass is 9.89. The van der Waals surface area contributed by atoms with Crippen molar-refractivity contribution in [1.82, 2.24) is 9.13 Å². The van der Waals surface area contributed by atoms with E-state index in [4.69, 9.17) is 0 Å². The molecule has 2 aromatic heterocycles. The van der Waals surface area contributed by atoms with E-state index in [1.807, 2.05) is 47.1 Å². The van der Waals surface area contributed by atoms with E-state index in [0.29, 0.717) is 17.1 Å². The molecule has 0 spiro atoms. The van der Waals surface area contributed by atoms with Crippen LogP contribution in [-0.4, -0.2) is 26.4 Å². The second-order valence-corrected chi connectivity index (χ2v) is 8.85. The third kappa shape index (κ3) is 4.81. The van der Waals surface area contributed by atoms with E-state index >= 15 is 0 Å². The van der Waals surface area contributed by atoms with Gasteiger partial charge >= 0.3 is 0 Å². The summed E-state index contributed by atoms with van der Waals surface area (Å²) in [5, 5.41) is 6.34. The van der Waals surface area contributed by atoms with Gasteiger partial charge in [-0.3, -0.25) is 9.59 Å². The molecule has 0 bridgehead atoms. The van der Waals surface area contributed by atoms with Crippen molar-refractivity contribution in [2.45, 2.75) is 53.5 Å². The lowest BCUT2D eigenvalue weighted by Crippen LogP contribution is -2.29. The summed E-state index contributed by atoms with van der Waals surface area (Å²) in [4.78, 5) is 25.2. The highest BCUT2D eigenvalue weighted by atomic mass is 16.2. The SMILES string of the molecule is CCC(C)(C)Nc1cc(C(=O)Nc2cc(C(=O)C(C)(C)C)n(C)c2)n(C)c1. The second kappa shape index (κ2) is 7.25. The van der Waals surface area contributed by atoms with Gasteiger partial charge < -0.3 is 19.8 Å². The van der Waals surface area contributed by atoms with Gasteiger partial charge in [-0.25, -0.2) is 0 Å². The summed E-state index contributed by atoms with van der Waals surface area (Å²) in [7, 11) is 3.66. The zero-order valence-corrected chi connectivity index (χ0v) is 17.7. The molecule has 0 saturated carbocycles. The maximum absolute atomic E-state index is 12.7. The number of aromatic nitrogens is 2. The molecule has 0 radical (unpaired) electrons. The highest BCUT2D eigenvalue weighted by Gasteiger charge is 2.26. The van der Waals surface area contributed by atoms with Crippen LogP contribution in [0.4, 0.5) is 11.4 Å². The first-order valence-corrected chi connectivity index (χ1v) is 9.31. The average molecular weight is 373 g/mol. The first-order valence-electron chi connectivity index (χ1n) is 9.31. The normalized spacial score (nSPS) is 12.1. The number of aryl methyl sites for hydroxylation is 2. The van der Waals surface area contributed by atoms with Crippen molar-refractivity contribution in [2.75, 3.05) is 10.6 Å². The Kier molecular flexibility index (Phi) is 5.59. The van der Waals surface area contributed by atoms with Gasteiger partial charge in [0.1, 0.15) is 5.69 Å². The summed E-state index contributed by atoms with van der Waals surface area (Å²) in [6.45, 7) is 12.0. The van der Waals surface area contributed by atoms with E-state index in [1.54, 1.807) is 21.4 Å². The number of carbonyl (C=O) groups is 2. The Morgan fingerprint density at radius 2 is 1.44 bits per heavy atom. The summed E-state index contributed by atoms with van der Waals surface area (Å²) in [5.41, 5.74) is 2.13. The number of ketones is 1. The molecule has 2 N–H and O–H groups in total. The minimum absolute atomic E-state index is 0.0395. The maximum Gasteiger partial charge on any atom is 0.272 e. The lowest BCUT2D eigenvalue weighted by Gasteiger charge is -2.24. The fourth-order valence-corrected chi connectivity index (χ4v) is 2.78. The van der Waals surface area contributed by atoms with E-state index in [0.717, 1.165) is 12.1 Å². The number of Topliss-reactive ketones (excluding diaryl/α,β-unsaturated/α-hetero) is 1. The van der Waals surface area contributed by atoms with Gasteiger partial charge in [-0.2, -0.15) is 0 Å². The molecule has 148 valence electrons. The van der Waals surface area contributed by atoms with Gasteiger partial charge in [0.25, 0.3) is 5.91 Å². The van der Waals surface area contributed by atoms with Gasteiger partial charge in [-0.15, -0.1) is 0 Å². The van der Waals surface area contributed by atoms with Crippen molar-refractivity contribution in [2.24, 2.45) is 19.5 Å². The van der Waals surface area contributed by atoms with Crippen molar-refractivity contribution in [3.8, 4) is 0 Å². The Morgan fingerprint density at radius 3 is 2.00 bits per heavy atom. The van der Waals surface area contributed by atoms with Crippen LogP contribution in [0.1, 0.15) is 68.9 Å². The minimum atomic E-state index is -0.474. The molecule has 6 nitrogen and oxygen atoms in total. The maximum atomic E-state index is 12.7. The predicted molar refractivity (Wildman–Crippen MR) is 111 cm³/mol. The van der Waals surface area contributed by atoms with Crippen LogP contribution < -0.4 is 10.6 Å². The molecule has 6 heteroatoms. The van der Waals surface area contributed by atoms with Crippen LogP contribution in [0, 0.1) is 5.41 Å². The molecule has 0 aliphatic rings. The van der Waals surface area contributed by atoms with Crippen LogP contribution >= 0.6 is 0 Å². The lowest BCUT2D eigenvalue weighted by molar-refractivity contribution is 0.0849. The summed E-state index contributed by atoms with van der Waals surface area (Å²) >= 11 is 0. The monoisotopic (exact) mass is 372 g/mol. The Labute approximate surface area is 161 Å². The van der Waals surface area contributed by atoms with Crippen LogP contribution in [0.15, 0.2) is 24.5 Å². The second-order valence-electron chi connectivity index (χ2n) is 8.85. The van der Waals surface area contributed by atoms with Gasteiger partial charge in [0, 0.05) is 37.4 Å². The summed E-state index contributed by atoms with van der Waals surface area (Å²) in [6, 6.07) is 3.57. The van der Waals surface area contributed by atoms with Crippen molar-refractivity contribution in [3.05, 3.63) is 35.9 Å². The van der Waals surface area contributed by atoms with Crippen molar-refractivity contribution >= 4 is 23.1 Å². The molecular weight excluding hydrogens is 340 g/mol. The average Bonchev–Trinajstić information content (AvgIpc) is 3.07. The number of rotatable bonds is 6. The van der Waals surface area contributed by atoms with Crippen LogP contribution in [0.3, 0.4) is 0 Å². The van der Waals surface area contributed by atoms with Crippen molar-refractivity contribution in [3.63, 3.8) is 0 Å². The molecule has 0 aliphatic heterocycles. The molecule has 2 aromatic rings. The minimum Gasteiger partial charge on any atom is -0.379 e. The van der Waals surface area contributed by atoms with Gasteiger partial charge in [0.05, 0.1) is 17.1 Å². The summed E-state index contributed by atoms with van der Waals surface area (Å²) in [6.07, 6.45) is 4.64. The standard InChI is InChI=1S/C21H32N4O2/c1-9-21(5,6)23-15-11-17(25(8)13-15)19(27)22-14-10-16(24(7)12-14)18(26)20(2,3)4/h10-13,23H,9H2,1-8H3,(H,22,27). The fraction of sp³-hybridized carbons (Fsp3) is 0.524. The molecular formula is C21H32N4O2. The number of nitrogens with one attached hydrogen (secondary N) is 2. The molecule has 0 unspecified atom stereocenters. The molecule has 2 heterocycles. The highest BCUT2D eigenvalue weighted by molar-refractivity contribution is 6.05. The number of amides is 1. The van der Waals surface area contributed by atoms with Crippen LogP contribution in [0.25, 0.3) is 0 Å². The molecule has 0 aromatic carbocycles. The number of anilines is 2. The van der Waals surface area contributed by atoms with Gasteiger partial charge in [0.15, 0.2) is 5.78 Å². The Hall–Kier alpha value is -2.50. The molecule has 0 fully saturated rings. The summed E-state index contributed by atoms with van der Waals surface area (Å²) < 4.78 is 3.55. The Bertz CT molecular complexity index is 850. The van der Waals surface area contributed by atoms with Crippen LogP contribution in [0.5, 0.6) is 0 Å². The Balaban J connectivity index is 2.19. The molecule has 27 heavy (non-hydrogen) atoms. The summed E-state index contributed by atoms with van der Waals surface area (Å²) in [5.74, 6) is -0.169. The molecule has 0 saturated heterocycles. The number of nitrogens with zero attached hydrogens (tertiary/aromatic N) is 2. The largest absolute Gasteiger partial charge is 0.379 e. The smallest absolute Gasteiger partial charge is 0.272 e. The van der Waals surface area contributed by atoms with E-state index in [9.17, 15) is 9.59 Å². The number of carbonyl (C=O) groups excluding carboxylic acids is 2. The molecule has 0 aliphatic carbocycles. The van der Waals surface area contributed by atoms with Crippen LogP contribution in [0.2, 0.25) is 0 Å². The number of hydrogen-bond acceptors (Lipinski definition) is 3. The van der Waals surface area contributed by atoms with E-state index in [2.05, 4.69) is 31.4 Å². The van der Waals surface area contributed by atoms with Crippen molar-refractivity contribution in [1.29, 1.82) is 0 Å². The topological polar surface area (TPSA) is 68.1 Å². The first kappa shape index (κ1) is 20.8. The zero-order chi connectivity index (χ0) is 20.6. The van der Waals surface area contributed by atoms with E-state index in [-0.39, 0.29) is 17.2 Å². The quantitative estimate of drug-likeness (QED) is 0.736. The van der Waals surface area contributed by atoms with Gasteiger partial charge in [-0.1, -0.05) is 27.7 Å². The highest BCUT2D eigenvalue weighted by Crippen LogP contribution is 2.25. The molecule has 0 atom stereocenters. The predicted octanol–water partition coefficient (Wildman–Crippen LogP) is 4.45. The fourth-order valence-electron chi connectivity index (χ4n) is 2.78. The van der Waals surface area contributed by atoms with Crippen LogP contribution in [-0.2, 0) is 14.1 Å². The first-order chi connectivity index (χ1) is 12.3. The van der Waals surface area contributed by atoms with E-state index < -0.39 is 5.41 Å².